The van der Waals surface area contributed by atoms with Crippen LogP contribution in [0, 0.1) is 5.82 Å². The molecule has 1 saturated carbocycles. The number of anilines is 1. The van der Waals surface area contributed by atoms with Crippen LogP contribution in [0.15, 0.2) is 67.1 Å². The summed E-state index contributed by atoms with van der Waals surface area (Å²) in [7, 11) is 0. The van der Waals surface area contributed by atoms with Crippen LogP contribution in [0.4, 0.5) is 10.1 Å². The van der Waals surface area contributed by atoms with Crippen LogP contribution in [0.25, 0.3) is 0 Å². The molecule has 35 heavy (non-hydrogen) atoms. The lowest BCUT2D eigenvalue weighted by Crippen LogP contribution is -2.47. The summed E-state index contributed by atoms with van der Waals surface area (Å²) in [5.74, 6) is -1.57. The van der Waals surface area contributed by atoms with Crippen molar-refractivity contribution >= 4 is 23.3 Å². The minimum absolute atomic E-state index is 0.00350. The number of nitrogens with one attached hydrogen (secondary N) is 1. The molecule has 3 aromatic rings. The second-order valence-corrected chi connectivity index (χ2v) is 8.67. The molecule has 1 heterocycles. The normalized spacial score (nSPS) is 14.7. The first kappa shape index (κ1) is 24.2. The fourth-order valence-electron chi connectivity index (χ4n) is 4.38. The van der Waals surface area contributed by atoms with Crippen molar-refractivity contribution in [2.45, 2.75) is 51.1 Å². The molecule has 0 spiro atoms. The number of carbonyl (C=O) groups excluding carboxylic acids is 3. The van der Waals surface area contributed by atoms with Gasteiger partial charge in [0, 0.05) is 29.7 Å². The lowest BCUT2D eigenvalue weighted by Gasteiger charge is -2.33. The molecular formula is C27H27FN4O3. The smallest absolute Gasteiger partial charge is 0.279 e. The summed E-state index contributed by atoms with van der Waals surface area (Å²) in [6.45, 7) is 1.43. The van der Waals surface area contributed by atoms with Crippen LogP contribution in [0.2, 0.25) is 0 Å². The number of aromatic nitrogens is 2. The van der Waals surface area contributed by atoms with Crippen molar-refractivity contribution in [3.63, 3.8) is 0 Å². The number of ketones is 1. The Morgan fingerprint density at radius 1 is 1.03 bits per heavy atom. The van der Waals surface area contributed by atoms with Crippen LogP contribution in [0.3, 0.4) is 0 Å². The summed E-state index contributed by atoms with van der Waals surface area (Å²) in [5, 5.41) is 3.10. The first-order valence-corrected chi connectivity index (χ1v) is 11.7. The van der Waals surface area contributed by atoms with Crippen molar-refractivity contribution in [1.82, 2.24) is 15.3 Å². The van der Waals surface area contributed by atoms with E-state index in [1.807, 2.05) is 0 Å². The van der Waals surface area contributed by atoms with Gasteiger partial charge in [-0.05, 0) is 49.6 Å². The van der Waals surface area contributed by atoms with Crippen LogP contribution in [0.5, 0.6) is 0 Å². The average Bonchev–Trinajstić information content (AvgIpc) is 2.88. The van der Waals surface area contributed by atoms with Crippen molar-refractivity contribution in [1.29, 1.82) is 0 Å². The molecular weight excluding hydrogens is 447 g/mol. The number of benzene rings is 2. The van der Waals surface area contributed by atoms with E-state index in [1.54, 1.807) is 24.3 Å². The van der Waals surface area contributed by atoms with E-state index in [0.717, 1.165) is 32.1 Å². The molecule has 1 fully saturated rings. The lowest BCUT2D eigenvalue weighted by atomic mass is 9.94. The van der Waals surface area contributed by atoms with E-state index in [1.165, 1.54) is 54.7 Å². The number of carbonyl (C=O) groups is 3. The average molecular weight is 475 g/mol. The van der Waals surface area contributed by atoms with Crippen molar-refractivity contribution in [2.24, 2.45) is 0 Å². The van der Waals surface area contributed by atoms with E-state index < -0.39 is 17.8 Å². The number of amides is 2. The Morgan fingerprint density at radius 3 is 2.43 bits per heavy atom. The van der Waals surface area contributed by atoms with Crippen molar-refractivity contribution < 1.29 is 18.8 Å². The third-order valence-electron chi connectivity index (χ3n) is 6.18. The zero-order valence-corrected chi connectivity index (χ0v) is 19.5. The molecule has 0 bridgehead atoms. The molecule has 2 amide bonds. The maximum absolute atomic E-state index is 13.8. The molecule has 4 rings (SSSR count). The SMILES string of the molecule is CC(=O)c1cccc(N(C(=O)c2cnccn2)[C@H](C(=O)NC2CCCCC2)c2ccc(F)cc2)c1. The third-order valence-corrected chi connectivity index (χ3v) is 6.18. The molecule has 8 heteroatoms. The molecule has 1 aliphatic carbocycles. The second kappa shape index (κ2) is 11.0. The Kier molecular flexibility index (Phi) is 7.60. The topological polar surface area (TPSA) is 92.3 Å². The Balaban J connectivity index is 1.83. The Labute approximate surface area is 203 Å². The molecule has 180 valence electrons. The summed E-state index contributed by atoms with van der Waals surface area (Å²) in [6, 6.07) is 10.9. The van der Waals surface area contributed by atoms with Crippen molar-refractivity contribution in [3.8, 4) is 0 Å². The van der Waals surface area contributed by atoms with Gasteiger partial charge < -0.3 is 5.32 Å². The number of halogens is 1. The number of nitrogens with zero attached hydrogens (tertiary/aromatic N) is 3. The van der Waals surface area contributed by atoms with E-state index in [4.69, 9.17) is 0 Å². The zero-order valence-electron chi connectivity index (χ0n) is 19.5. The zero-order chi connectivity index (χ0) is 24.8. The summed E-state index contributed by atoms with van der Waals surface area (Å²) in [5.41, 5.74) is 1.22. The standard InChI is InChI=1S/C27H27FN4O3/c1-18(33)20-6-5-9-23(16-20)32(27(35)24-17-29-14-15-30-24)25(19-10-12-21(28)13-11-19)26(34)31-22-7-3-2-4-8-22/h5-6,9-17,22,25H,2-4,7-8H2,1H3,(H,31,34)/t25-/m0/s1. The molecule has 0 radical (unpaired) electrons. The van der Waals surface area contributed by atoms with Gasteiger partial charge in [-0.1, -0.05) is 43.5 Å². The first-order valence-electron chi connectivity index (χ1n) is 11.7. The quantitative estimate of drug-likeness (QED) is 0.503. The van der Waals surface area contributed by atoms with Gasteiger partial charge in [-0.2, -0.15) is 0 Å². The van der Waals surface area contributed by atoms with Gasteiger partial charge >= 0.3 is 0 Å². The number of hydrogen-bond acceptors (Lipinski definition) is 5. The molecule has 1 atom stereocenters. The minimum Gasteiger partial charge on any atom is -0.351 e. The Bertz CT molecular complexity index is 1190. The molecule has 1 aromatic heterocycles. The van der Waals surface area contributed by atoms with Crippen molar-refractivity contribution in [2.75, 3.05) is 4.90 Å². The Hall–Kier alpha value is -3.94. The molecule has 2 aromatic carbocycles. The fraction of sp³-hybridized carbons (Fsp3) is 0.296. The maximum atomic E-state index is 13.8. The van der Waals surface area contributed by atoms with Crippen LogP contribution in [-0.4, -0.2) is 33.6 Å². The molecule has 7 nitrogen and oxygen atoms in total. The van der Waals surface area contributed by atoms with Crippen LogP contribution >= 0.6 is 0 Å². The highest BCUT2D eigenvalue weighted by molar-refractivity contribution is 6.09. The van der Waals surface area contributed by atoms with E-state index in [2.05, 4.69) is 15.3 Å². The summed E-state index contributed by atoms with van der Waals surface area (Å²) < 4.78 is 13.8. The van der Waals surface area contributed by atoms with Gasteiger partial charge in [0.25, 0.3) is 5.91 Å². The lowest BCUT2D eigenvalue weighted by molar-refractivity contribution is -0.123. The van der Waals surface area contributed by atoms with Crippen LogP contribution in [0.1, 0.15) is 71.5 Å². The van der Waals surface area contributed by atoms with E-state index in [9.17, 15) is 18.8 Å². The third kappa shape index (κ3) is 5.77. The van der Waals surface area contributed by atoms with Gasteiger partial charge in [-0.25, -0.2) is 9.37 Å². The van der Waals surface area contributed by atoms with Gasteiger partial charge in [-0.15, -0.1) is 0 Å². The van der Waals surface area contributed by atoms with E-state index in [0.29, 0.717) is 16.8 Å². The minimum atomic E-state index is -1.12. The molecule has 0 aliphatic heterocycles. The highest BCUT2D eigenvalue weighted by Gasteiger charge is 2.35. The largest absolute Gasteiger partial charge is 0.351 e. The number of hydrogen-bond donors (Lipinski definition) is 1. The predicted molar refractivity (Wildman–Crippen MR) is 129 cm³/mol. The van der Waals surface area contributed by atoms with Crippen LogP contribution in [-0.2, 0) is 4.79 Å². The van der Waals surface area contributed by atoms with E-state index in [-0.39, 0.29) is 23.4 Å². The van der Waals surface area contributed by atoms with Gasteiger partial charge in [0.2, 0.25) is 5.91 Å². The van der Waals surface area contributed by atoms with E-state index >= 15 is 0 Å². The highest BCUT2D eigenvalue weighted by Crippen LogP contribution is 2.31. The first-order chi connectivity index (χ1) is 16.9. The molecule has 1 N–H and O–H groups in total. The molecule has 1 aliphatic rings. The second-order valence-electron chi connectivity index (χ2n) is 8.67. The van der Waals surface area contributed by atoms with Gasteiger partial charge in [0.15, 0.2) is 5.78 Å². The van der Waals surface area contributed by atoms with Gasteiger partial charge in [0.1, 0.15) is 17.6 Å². The molecule has 0 unspecified atom stereocenters. The summed E-state index contributed by atoms with van der Waals surface area (Å²) >= 11 is 0. The van der Waals surface area contributed by atoms with Gasteiger partial charge in [0.05, 0.1) is 6.20 Å². The molecule has 0 saturated heterocycles. The predicted octanol–water partition coefficient (Wildman–Crippen LogP) is 4.66. The number of rotatable bonds is 7. The fourth-order valence-corrected chi connectivity index (χ4v) is 4.38. The highest BCUT2D eigenvalue weighted by atomic mass is 19.1. The van der Waals surface area contributed by atoms with Crippen molar-refractivity contribution in [3.05, 3.63) is 89.8 Å². The maximum Gasteiger partial charge on any atom is 0.279 e. The summed E-state index contributed by atoms with van der Waals surface area (Å²) in [4.78, 5) is 49.1. The number of Topliss-reactive ketones (excluding diaryl/α,β-unsaturated/α-hetero) is 1. The monoisotopic (exact) mass is 474 g/mol. The van der Waals surface area contributed by atoms with Crippen LogP contribution < -0.4 is 10.2 Å². The summed E-state index contributed by atoms with van der Waals surface area (Å²) in [6.07, 6.45) is 9.06. The Morgan fingerprint density at radius 2 is 1.77 bits per heavy atom. The van der Waals surface area contributed by atoms with Gasteiger partial charge in [-0.3, -0.25) is 24.3 Å².